The number of nitrogens with zero attached hydrogens (tertiary/aromatic N) is 1. The van der Waals surface area contributed by atoms with Crippen LogP contribution in [0.3, 0.4) is 0 Å². The molecule has 0 amide bonds. The predicted octanol–water partition coefficient (Wildman–Crippen LogP) is 7.49. The van der Waals surface area contributed by atoms with Crippen LogP contribution in [0.1, 0.15) is 65.6 Å². The van der Waals surface area contributed by atoms with E-state index in [4.69, 9.17) is 4.74 Å². The first-order chi connectivity index (χ1) is 18.5. The zero-order valence-electron chi connectivity index (χ0n) is 22.2. The zero-order valence-corrected chi connectivity index (χ0v) is 23.1. The lowest BCUT2D eigenvalue weighted by Crippen LogP contribution is -2.20. The lowest BCUT2D eigenvalue weighted by atomic mass is 9.93. The number of aryl methyl sites for hydroxylation is 1. The van der Waals surface area contributed by atoms with Gasteiger partial charge in [0.1, 0.15) is 0 Å². The fourth-order valence-corrected chi connectivity index (χ4v) is 6.57. The number of likely N-dealkylation sites (tertiary alicyclic amines) is 1. The number of benzene rings is 3. The molecule has 3 aromatic carbocycles. The Hall–Kier alpha value is -3.28. The number of methoxy groups -OCH3 is 1. The van der Waals surface area contributed by atoms with Gasteiger partial charge in [-0.1, -0.05) is 73.7 Å². The van der Waals surface area contributed by atoms with Crippen molar-refractivity contribution in [2.45, 2.75) is 44.9 Å². The van der Waals surface area contributed by atoms with Gasteiger partial charge in [-0.3, -0.25) is 9.59 Å². The molecule has 1 aromatic heterocycles. The first-order valence-electron chi connectivity index (χ1n) is 13.6. The Morgan fingerprint density at radius 1 is 0.947 bits per heavy atom. The van der Waals surface area contributed by atoms with E-state index < -0.39 is 0 Å². The molecule has 5 rings (SSSR count). The normalized spacial score (nSPS) is 14.6. The topological polar surface area (TPSA) is 46.6 Å². The third-order valence-corrected chi connectivity index (χ3v) is 8.84. The summed E-state index contributed by atoms with van der Waals surface area (Å²) in [5, 5.41) is 0.996. The lowest BCUT2D eigenvalue weighted by molar-refractivity contribution is -0.140. The SMILES string of the molecule is COC(=O)CC(C)c1ccc(C(=O)c2c(-c3ccc(CCCN4CCCC4)cc3)sc3ccccc23)cc1. The van der Waals surface area contributed by atoms with E-state index >= 15 is 0 Å². The Morgan fingerprint density at radius 2 is 1.66 bits per heavy atom. The molecule has 1 fully saturated rings. The van der Waals surface area contributed by atoms with Gasteiger partial charge in [-0.25, -0.2) is 0 Å². The largest absolute Gasteiger partial charge is 0.469 e. The van der Waals surface area contributed by atoms with Gasteiger partial charge in [0.05, 0.1) is 13.5 Å². The van der Waals surface area contributed by atoms with Gasteiger partial charge in [-0.05, 0) is 74.0 Å². The molecule has 0 spiro atoms. The molecule has 38 heavy (non-hydrogen) atoms. The van der Waals surface area contributed by atoms with Crippen molar-refractivity contribution in [3.8, 4) is 10.4 Å². The number of fused-ring (bicyclic) bond motifs is 1. The zero-order chi connectivity index (χ0) is 26.5. The summed E-state index contributed by atoms with van der Waals surface area (Å²) < 4.78 is 5.92. The van der Waals surface area contributed by atoms with Crippen molar-refractivity contribution < 1.29 is 14.3 Å². The van der Waals surface area contributed by atoms with Crippen molar-refractivity contribution in [2.24, 2.45) is 0 Å². The van der Waals surface area contributed by atoms with E-state index in [1.165, 1.54) is 51.6 Å². The van der Waals surface area contributed by atoms with Crippen molar-refractivity contribution in [3.63, 3.8) is 0 Å². The van der Waals surface area contributed by atoms with Crippen molar-refractivity contribution in [1.82, 2.24) is 4.90 Å². The molecule has 1 aliphatic heterocycles. The molecule has 0 radical (unpaired) electrons. The van der Waals surface area contributed by atoms with E-state index in [1.54, 1.807) is 11.3 Å². The molecular formula is C33H35NO3S. The fraction of sp³-hybridized carbons (Fsp3) is 0.333. The second kappa shape index (κ2) is 12.1. The number of thiophene rings is 1. The Balaban J connectivity index is 1.38. The molecule has 4 nitrogen and oxygen atoms in total. The van der Waals surface area contributed by atoms with Gasteiger partial charge in [0, 0.05) is 26.1 Å². The molecule has 0 N–H and O–H groups in total. The molecule has 2 heterocycles. The van der Waals surface area contributed by atoms with Crippen molar-refractivity contribution in [2.75, 3.05) is 26.7 Å². The van der Waals surface area contributed by atoms with Crippen molar-refractivity contribution in [1.29, 1.82) is 0 Å². The number of esters is 1. The molecule has 1 saturated heterocycles. The average molecular weight is 526 g/mol. The van der Waals surface area contributed by atoms with Gasteiger partial charge in [-0.15, -0.1) is 11.3 Å². The molecular weight excluding hydrogens is 490 g/mol. The van der Waals surface area contributed by atoms with Crippen molar-refractivity contribution >= 4 is 33.2 Å². The maximum atomic E-state index is 13.9. The number of ether oxygens (including phenoxy) is 1. The van der Waals surface area contributed by atoms with Gasteiger partial charge in [0.2, 0.25) is 0 Å². The van der Waals surface area contributed by atoms with Crippen LogP contribution in [-0.2, 0) is 16.0 Å². The minimum absolute atomic E-state index is 0.0259. The van der Waals surface area contributed by atoms with Crippen LogP contribution in [-0.4, -0.2) is 43.4 Å². The average Bonchev–Trinajstić information content (AvgIpc) is 3.61. The van der Waals surface area contributed by atoms with E-state index in [0.717, 1.165) is 38.1 Å². The minimum atomic E-state index is -0.232. The summed E-state index contributed by atoms with van der Waals surface area (Å²) in [6, 6.07) is 24.6. The van der Waals surface area contributed by atoms with Gasteiger partial charge in [0.15, 0.2) is 5.78 Å². The summed E-state index contributed by atoms with van der Waals surface area (Å²) in [7, 11) is 1.41. The highest BCUT2D eigenvalue weighted by atomic mass is 32.1. The highest BCUT2D eigenvalue weighted by Crippen LogP contribution is 2.40. The van der Waals surface area contributed by atoms with Gasteiger partial charge in [0.25, 0.3) is 0 Å². The Bertz CT molecular complexity index is 1400. The smallest absolute Gasteiger partial charge is 0.306 e. The molecule has 0 saturated carbocycles. The summed E-state index contributed by atoms with van der Waals surface area (Å²) in [6.45, 7) is 5.67. The van der Waals surface area contributed by atoms with Crippen LogP contribution >= 0.6 is 11.3 Å². The van der Waals surface area contributed by atoms with Crippen LogP contribution in [0, 0.1) is 0 Å². The highest BCUT2D eigenvalue weighted by molar-refractivity contribution is 7.22. The van der Waals surface area contributed by atoms with Crippen LogP contribution in [0.15, 0.2) is 72.8 Å². The predicted molar refractivity (Wildman–Crippen MR) is 156 cm³/mol. The first kappa shape index (κ1) is 26.3. The number of hydrogen-bond donors (Lipinski definition) is 0. The molecule has 1 atom stereocenters. The molecule has 1 aliphatic rings. The molecule has 5 heteroatoms. The molecule has 196 valence electrons. The van der Waals surface area contributed by atoms with E-state index in [-0.39, 0.29) is 17.7 Å². The second-order valence-electron chi connectivity index (χ2n) is 10.3. The second-order valence-corrected chi connectivity index (χ2v) is 11.3. The quantitative estimate of drug-likeness (QED) is 0.159. The summed E-state index contributed by atoms with van der Waals surface area (Å²) in [5.74, 6) is -0.179. The van der Waals surface area contributed by atoms with Crippen LogP contribution in [0.4, 0.5) is 0 Å². The van der Waals surface area contributed by atoms with Gasteiger partial charge >= 0.3 is 5.97 Å². The highest BCUT2D eigenvalue weighted by Gasteiger charge is 2.22. The van der Waals surface area contributed by atoms with Crippen LogP contribution < -0.4 is 0 Å². The number of hydrogen-bond acceptors (Lipinski definition) is 5. The molecule has 4 aromatic rings. The number of carbonyl (C=O) groups excluding carboxylic acids is 2. The maximum Gasteiger partial charge on any atom is 0.306 e. The van der Waals surface area contributed by atoms with Gasteiger partial charge < -0.3 is 9.64 Å². The Labute approximate surface area is 229 Å². The number of carbonyl (C=O) groups is 2. The van der Waals surface area contributed by atoms with Crippen LogP contribution in [0.25, 0.3) is 20.5 Å². The third kappa shape index (κ3) is 5.90. The Kier molecular flexibility index (Phi) is 8.35. The molecule has 0 aliphatic carbocycles. The van der Waals surface area contributed by atoms with Crippen molar-refractivity contribution in [3.05, 3.63) is 95.1 Å². The summed E-state index contributed by atoms with van der Waals surface area (Å²) in [5.41, 5.74) is 4.87. The van der Waals surface area contributed by atoms with E-state index in [1.807, 2.05) is 49.4 Å². The third-order valence-electron chi connectivity index (χ3n) is 7.62. The standard InChI is InChI=1S/C33H35NO3S/c1-23(22-30(35)37-2)25-15-17-26(18-16-25)32(36)31-28-9-3-4-10-29(28)38-33(31)27-13-11-24(12-14-27)8-7-21-34-19-5-6-20-34/h3-4,9-18,23H,5-8,19-22H2,1-2H3. The fourth-order valence-electron chi connectivity index (χ4n) is 5.37. The molecule has 1 unspecified atom stereocenters. The maximum absolute atomic E-state index is 13.9. The van der Waals surface area contributed by atoms with Gasteiger partial charge in [-0.2, -0.15) is 0 Å². The minimum Gasteiger partial charge on any atom is -0.469 e. The summed E-state index contributed by atoms with van der Waals surface area (Å²) in [4.78, 5) is 29.1. The van der Waals surface area contributed by atoms with E-state index in [0.29, 0.717) is 12.0 Å². The number of ketones is 1. The van der Waals surface area contributed by atoms with Crippen LogP contribution in [0.2, 0.25) is 0 Å². The number of rotatable bonds is 10. The van der Waals surface area contributed by atoms with Crippen LogP contribution in [0.5, 0.6) is 0 Å². The van der Waals surface area contributed by atoms with E-state index in [2.05, 4.69) is 35.2 Å². The molecule has 0 bridgehead atoms. The summed E-state index contributed by atoms with van der Waals surface area (Å²) in [6.07, 6.45) is 5.25. The van der Waals surface area contributed by atoms with E-state index in [9.17, 15) is 9.59 Å². The lowest BCUT2D eigenvalue weighted by Gasteiger charge is -2.14. The monoisotopic (exact) mass is 525 g/mol. The summed E-state index contributed by atoms with van der Waals surface area (Å²) >= 11 is 1.68. The first-order valence-corrected chi connectivity index (χ1v) is 14.4. The Morgan fingerprint density at radius 3 is 2.37 bits per heavy atom.